The number of carbonyl (C=O) groups is 1. The summed E-state index contributed by atoms with van der Waals surface area (Å²) in [5.41, 5.74) is 1.22. The van der Waals surface area contributed by atoms with Crippen LogP contribution in [0.15, 0.2) is 40.3 Å². The van der Waals surface area contributed by atoms with Crippen LogP contribution in [0.3, 0.4) is 0 Å². The Balaban J connectivity index is 2.32. The Hall–Kier alpha value is -2.68. The Morgan fingerprint density at radius 3 is 2.88 bits per heavy atom. The molecule has 2 rings (SSSR count). The van der Waals surface area contributed by atoms with E-state index in [1.807, 2.05) is 0 Å². The molecule has 0 fully saturated rings. The van der Waals surface area contributed by atoms with E-state index < -0.39 is 18.6 Å². The molecule has 0 saturated carbocycles. The number of nitrogens with zero attached hydrogens (tertiary/aromatic N) is 3. The van der Waals surface area contributed by atoms with Crippen LogP contribution in [0.25, 0.3) is 11.0 Å². The summed E-state index contributed by atoms with van der Waals surface area (Å²) >= 11 is 5.92. The van der Waals surface area contributed by atoms with E-state index in [2.05, 4.69) is 26.7 Å². The molecule has 0 radical (unpaired) electrons. The van der Waals surface area contributed by atoms with Crippen molar-refractivity contribution in [2.24, 2.45) is 9.98 Å². The van der Waals surface area contributed by atoms with Crippen molar-refractivity contribution in [1.82, 2.24) is 15.3 Å². The molecule has 0 atom stereocenters. The zero-order chi connectivity index (χ0) is 18.6. The van der Waals surface area contributed by atoms with Gasteiger partial charge < -0.3 is 10.3 Å². The lowest BCUT2D eigenvalue weighted by Crippen LogP contribution is -2.34. The lowest BCUT2D eigenvalue weighted by molar-refractivity contribution is -0.136. The van der Waals surface area contributed by atoms with E-state index in [1.54, 1.807) is 24.5 Å². The van der Waals surface area contributed by atoms with Crippen molar-refractivity contribution >= 4 is 41.0 Å². The first-order chi connectivity index (χ1) is 11.7. The molecule has 2 N–H and O–H groups in total. The molecule has 0 unspecified atom stereocenters. The van der Waals surface area contributed by atoms with Crippen LogP contribution in [0.4, 0.5) is 13.2 Å². The normalized spacial score (nSPS) is 13.2. The third-order valence-corrected chi connectivity index (χ3v) is 3.28. The molecule has 1 amide bonds. The molecule has 0 saturated heterocycles. The number of aromatic amines is 1. The van der Waals surface area contributed by atoms with Gasteiger partial charge in [-0.2, -0.15) is 13.2 Å². The minimum absolute atomic E-state index is 0.305. The maximum Gasteiger partial charge on any atom is 0.405 e. The molecule has 2 aromatic rings. The largest absolute Gasteiger partial charge is 0.405 e. The highest BCUT2D eigenvalue weighted by Crippen LogP contribution is 2.21. The predicted molar refractivity (Wildman–Crippen MR) is 90.0 cm³/mol. The number of amides is 1. The fourth-order valence-corrected chi connectivity index (χ4v) is 2.17. The number of H-pyrrole nitrogens is 1. The van der Waals surface area contributed by atoms with E-state index in [9.17, 15) is 18.0 Å². The van der Waals surface area contributed by atoms with Gasteiger partial charge in [-0.05, 0) is 19.7 Å². The Morgan fingerprint density at radius 2 is 2.24 bits per heavy atom. The van der Waals surface area contributed by atoms with Gasteiger partial charge in [-0.3, -0.25) is 9.79 Å². The van der Waals surface area contributed by atoms with Gasteiger partial charge in [0.1, 0.15) is 17.9 Å². The van der Waals surface area contributed by atoms with Crippen molar-refractivity contribution in [3.8, 4) is 0 Å². The number of hydrogen-bond donors (Lipinski definition) is 2. The van der Waals surface area contributed by atoms with Crippen LogP contribution in [0.1, 0.15) is 12.5 Å². The van der Waals surface area contributed by atoms with Gasteiger partial charge in [-0.25, -0.2) is 9.98 Å². The second kappa shape index (κ2) is 7.47. The van der Waals surface area contributed by atoms with E-state index in [0.717, 1.165) is 6.20 Å². The van der Waals surface area contributed by atoms with E-state index in [0.29, 0.717) is 27.3 Å². The summed E-state index contributed by atoms with van der Waals surface area (Å²) in [4.78, 5) is 26.4. The van der Waals surface area contributed by atoms with Crippen molar-refractivity contribution in [2.75, 3.05) is 6.54 Å². The molecule has 0 aliphatic heterocycles. The highest BCUT2D eigenvalue weighted by Gasteiger charge is 2.28. The number of pyridine rings is 1. The molecule has 10 heteroatoms. The van der Waals surface area contributed by atoms with Crippen LogP contribution in [0.5, 0.6) is 0 Å². The number of alkyl halides is 3. The highest BCUT2D eigenvalue weighted by atomic mass is 35.5. The fraction of sp³-hybridized carbons (Fsp3) is 0.200. The maximum atomic E-state index is 12.2. The molecule has 2 aromatic heterocycles. The number of nitrogens with one attached hydrogen (secondary N) is 2. The van der Waals surface area contributed by atoms with Crippen molar-refractivity contribution in [1.29, 1.82) is 0 Å². The van der Waals surface area contributed by atoms with Crippen molar-refractivity contribution in [2.45, 2.75) is 13.1 Å². The summed E-state index contributed by atoms with van der Waals surface area (Å²) in [6, 6.07) is 1.66. The average Bonchev–Trinajstić information content (AvgIpc) is 2.94. The number of aromatic nitrogens is 2. The molecule has 0 aromatic carbocycles. The monoisotopic (exact) mass is 371 g/mol. The molecular weight excluding hydrogens is 359 g/mol. The van der Waals surface area contributed by atoms with Crippen LogP contribution in [-0.2, 0) is 4.79 Å². The Labute approximate surface area is 145 Å². The third kappa shape index (κ3) is 4.90. The quantitative estimate of drug-likeness (QED) is 0.624. The van der Waals surface area contributed by atoms with Crippen LogP contribution in [0.2, 0.25) is 5.02 Å². The van der Waals surface area contributed by atoms with Gasteiger partial charge >= 0.3 is 6.18 Å². The first-order valence-electron chi connectivity index (χ1n) is 6.90. The first-order valence-corrected chi connectivity index (χ1v) is 7.28. The summed E-state index contributed by atoms with van der Waals surface area (Å²) in [6.07, 6.45) is -0.469. The van der Waals surface area contributed by atoms with Gasteiger partial charge in [0.25, 0.3) is 5.91 Å². The summed E-state index contributed by atoms with van der Waals surface area (Å²) in [7, 11) is 0. The topological polar surface area (TPSA) is 82.5 Å². The van der Waals surface area contributed by atoms with Gasteiger partial charge in [0, 0.05) is 29.1 Å². The molecule has 2 heterocycles. The lowest BCUT2D eigenvalue weighted by atomic mass is 10.1. The van der Waals surface area contributed by atoms with E-state index in [-0.39, 0.29) is 5.70 Å². The van der Waals surface area contributed by atoms with Crippen molar-refractivity contribution < 1.29 is 18.0 Å². The van der Waals surface area contributed by atoms with Gasteiger partial charge in [-0.1, -0.05) is 11.6 Å². The average molecular weight is 372 g/mol. The van der Waals surface area contributed by atoms with E-state index in [4.69, 9.17) is 11.6 Å². The zero-order valence-electron chi connectivity index (χ0n) is 13.0. The van der Waals surface area contributed by atoms with Crippen molar-refractivity contribution in [3.05, 3.63) is 40.9 Å². The van der Waals surface area contributed by atoms with Crippen LogP contribution in [0, 0.1) is 0 Å². The summed E-state index contributed by atoms with van der Waals surface area (Å²) < 4.78 is 36.7. The number of fused-ring (bicyclic) bond motifs is 1. The standard InChI is InChI=1S/C15H13ClF3N5O/c1-8(11-5-22-13-10(11)3-9(16)4-21-13)24-12(6-20-2)14(25)23-7-15(17,18)19/h3-6H,2,7H2,1H3,(H,21,22)(H,23,25)/b12-6-,24-8?. The number of hydrogen-bond acceptors (Lipinski definition) is 4. The summed E-state index contributed by atoms with van der Waals surface area (Å²) in [5.74, 6) is -1.01. The lowest BCUT2D eigenvalue weighted by Gasteiger charge is -2.08. The Bertz CT molecular complexity index is 870. The Morgan fingerprint density at radius 1 is 1.52 bits per heavy atom. The third-order valence-electron chi connectivity index (χ3n) is 3.07. The molecule has 0 bridgehead atoms. The molecular formula is C15H13ClF3N5O. The number of rotatable bonds is 5. The van der Waals surface area contributed by atoms with Crippen LogP contribution in [-0.4, -0.2) is 41.0 Å². The van der Waals surface area contributed by atoms with Crippen LogP contribution < -0.4 is 5.32 Å². The van der Waals surface area contributed by atoms with Gasteiger partial charge in [0.2, 0.25) is 0 Å². The van der Waals surface area contributed by atoms with Gasteiger partial charge in [0.15, 0.2) is 0 Å². The molecule has 6 nitrogen and oxygen atoms in total. The minimum Gasteiger partial charge on any atom is -0.345 e. The number of halogens is 4. The van der Waals surface area contributed by atoms with E-state index in [1.165, 1.54) is 6.20 Å². The number of aliphatic imine (C=N–C) groups is 2. The summed E-state index contributed by atoms with van der Waals surface area (Å²) in [5, 5.41) is 2.81. The van der Waals surface area contributed by atoms with Gasteiger partial charge in [0.05, 0.1) is 11.2 Å². The molecule has 25 heavy (non-hydrogen) atoms. The molecule has 132 valence electrons. The summed E-state index contributed by atoms with van der Waals surface area (Å²) in [6.45, 7) is 3.32. The molecule has 0 aliphatic carbocycles. The van der Waals surface area contributed by atoms with E-state index >= 15 is 0 Å². The predicted octanol–water partition coefficient (Wildman–Crippen LogP) is 3.25. The number of carbonyl (C=O) groups excluding carboxylic acids is 1. The van der Waals surface area contributed by atoms with Crippen molar-refractivity contribution in [3.63, 3.8) is 0 Å². The Kier molecular flexibility index (Phi) is 5.58. The van der Waals surface area contributed by atoms with Crippen LogP contribution >= 0.6 is 11.6 Å². The second-order valence-corrected chi connectivity index (χ2v) is 5.38. The maximum absolute atomic E-state index is 12.2. The zero-order valence-corrected chi connectivity index (χ0v) is 13.7. The minimum atomic E-state index is -4.53. The molecule has 0 spiro atoms. The fourth-order valence-electron chi connectivity index (χ4n) is 2.01. The van der Waals surface area contributed by atoms with Gasteiger partial charge in [-0.15, -0.1) is 0 Å². The second-order valence-electron chi connectivity index (χ2n) is 4.94. The first kappa shape index (κ1) is 18.7. The molecule has 0 aliphatic rings. The smallest absolute Gasteiger partial charge is 0.345 e. The highest BCUT2D eigenvalue weighted by molar-refractivity contribution is 6.31. The SMILES string of the molecule is C=N/C=C(\N=C(C)c1c[nH]c2ncc(Cl)cc12)C(=O)NCC(F)(F)F.